The molecule has 12 heavy (non-hydrogen) atoms. The van der Waals surface area contributed by atoms with Crippen LogP contribution >= 0.6 is 11.3 Å². The van der Waals surface area contributed by atoms with Crippen molar-refractivity contribution >= 4 is 11.3 Å². The Bertz CT molecular complexity index is 226. The second kappa shape index (κ2) is 3.58. The van der Waals surface area contributed by atoms with E-state index in [4.69, 9.17) is 0 Å². The number of hydrogen-bond acceptors (Lipinski definition) is 2. The van der Waals surface area contributed by atoms with E-state index in [1.807, 2.05) is 0 Å². The number of nitrogens with one attached hydrogen (secondary N) is 1. The fourth-order valence-corrected chi connectivity index (χ4v) is 2.29. The molecule has 66 valence electrons. The molecule has 2 heteroatoms. The van der Waals surface area contributed by atoms with Crippen LogP contribution in [0.5, 0.6) is 0 Å². The highest BCUT2D eigenvalue weighted by Crippen LogP contribution is 2.37. The Morgan fingerprint density at radius 3 is 3.00 bits per heavy atom. The zero-order valence-corrected chi connectivity index (χ0v) is 8.23. The van der Waals surface area contributed by atoms with Gasteiger partial charge >= 0.3 is 0 Å². The smallest absolute Gasteiger partial charge is 0.0328 e. The number of hydrogen-bond donors (Lipinski definition) is 1. The van der Waals surface area contributed by atoms with Gasteiger partial charge in [0.25, 0.3) is 0 Å². The Morgan fingerprint density at radius 1 is 1.67 bits per heavy atom. The lowest BCUT2D eigenvalue weighted by Gasteiger charge is -2.13. The highest BCUT2D eigenvalue weighted by atomic mass is 32.1. The molecule has 1 saturated carbocycles. The first-order valence-corrected chi connectivity index (χ1v) is 5.54. The van der Waals surface area contributed by atoms with E-state index in [2.05, 4.69) is 29.2 Å². The van der Waals surface area contributed by atoms with Gasteiger partial charge in [-0.05, 0) is 41.8 Å². The molecule has 1 atom stereocenters. The molecule has 0 spiro atoms. The van der Waals surface area contributed by atoms with Gasteiger partial charge in [0.2, 0.25) is 0 Å². The van der Waals surface area contributed by atoms with Gasteiger partial charge in [0.15, 0.2) is 0 Å². The molecular formula is C10H15NS. The topological polar surface area (TPSA) is 12.0 Å². The predicted octanol–water partition coefficient (Wildman–Crippen LogP) is 2.81. The molecule has 1 unspecified atom stereocenters. The fourth-order valence-electron chi connectivity index (χ4n) is 1.58. The second-order valence-corrected chi connectivity index (χ2v) is 4.36. The van der Waals surface area contributed by atoms with E-state index in [0.29, 0.717) is 6.04 Å². The van der Waals surface area contributed by atoms with Crippen LogP contribution in [0.3, 0.4) is 0 Å². The second-order valence-electron chi connectivity index (χ2n) is 3.58. The summed E-state index contributed by atoms with van der Waals surface area (Å²) in [5, 5.41) is 7.80. The molecule has 1 fully saturated rings. The zero-order valence-electron chi connectivity index (χ0n) is 7.42. The normalized spacial score (nSPS) is 19.4. The van der Waals surface area contributed by atoms with Crippen LogP contribution in [-0.2, 0) is 0 Å². The first-order valence-electron chi connectivity index (χ1n) is 4.59. The summed E-state index contributed by atoms with van der Waals surface area (Å²) in [5.41, 5.74) is 1.47. The maximum atomic E-state index is 3.38. The lowest BCUT2D eigenvalue weighted by atomic mass is 10.1. The van der Waals surface area contributed by atoms with E-state index in [0.717, 1.165) is 5.92 Å². The SMILES string of the molecule is CNC(CC1CC1)c1ccsc1. The molecule has 0 bridgehead atoms. The molecule has 2 rings (SSSR count). The van der Waals surface area contributed by atoms with Gasteiger partial charge in [-0.2, -0.15) is 11.3 Å². The van der Waals surface area contributed by atoms with Crippen molar-refractivity contribution < 1.29 is 0 Å². The van der Waals surface area contributed by atoms with E-state index in [9.17, 15) is 0 Å². The molecule has 1 aromatic rings. The number of rotatable bonds is 4. The summed E-state index contributed by atoms with van der Waals surface area (Å²) in [7, 11) is 2.06. The fraction of sp³-hybridized carbons (Fsp3) is 0.600. The minimum atomic E-state index is 0.601. The maximum absolute atomic E-state index is 3.38. The van der Waals surface area contributed by atoms with Crippen LogP contribution in [0.15, 0.2) is 16.8 Å². The van der Waals surface area contributed by atoms with Crippen LogP contribution in [0.2, 0.25) is 0 Å². The van der Waals surface area contributed by atoms with Gasteiger partial charge in [-0.1, -0.05) is 12.8 Å². The lowest BCUT2D eigenvalue weighted by molar-refractivity contribution is 0.516. The standard InChI is InChI=1S/C10H15NS/c1-11-10(6-8-2-3-8)9-4-5-12-7-9/h4-5,7-8,10-11H,2-3,6H2,1H3. The molecule has 0 radical (unpaired) electrons. The van der Waals surface area contributed by atoms with E-state index < -0.39 is 0 Å². The molecule has 1 nitrogen and oxygen atoms in total. The Kier molecular flexibility index (Phi) is 2.47. The van der Waals surface area contributed by atoms with Gasteiger partial charge in [-0.25, -0.2) is 0 Å². The molecule has 1 aliphatic carbocycles. The van der Waals surface area contributed by atoms with Gasteiger partial charge in [0.1, 0.15) is 0 Å². The monoisotopic (exact) mass is 181 g/mol. The summed E-state index contributed by atoms with van der Waals surface area (Å²) in [6, 6.07) is 2.83. The first-order chi connectivity index (χ1) is 5.90. The van der Waals surface area contributed by atoms with Crippen molar-refractivity contribution in [3.05, 3.63) is 22.4 Å². The van der Waals surface area contributed by atoms with Gasteiger partial charge in [-0.3, -0.25) is 0 Å². The first kappa shape index (κ1) is 8.27. The van der Waals surface area contributed by atoms with Crippen LogP contribution < -0.4 is 5.32 Å². The Morgan fingerprint density at radius 2 is 2.50 bits per heavy atom. The van der Waals surface area contributed by atoms with Gasteiger partial charge < -0.3 is 5.32 Å². The average Bonchev–Trinajstić information content (AvgIpc) is 2.74. The molecule has 1 aromatic heterocycles. The lowest BCUT2D eigenvalue weighted by Crippen LogP contribution is -2.16. The third kappa shape index (κ3) is 1.87. The summed E-state index contributed by atoms with van der Waals surface area (Å²) in [4.78, 5) is 0. The maximum Gasteiger partial charge on any atom is 0.0328 e. The average molecular weight is 181 g/mol. The third-order valence-electron chi connectivity index (χ3n) is 2.56. The molecule has 0 aromatic carbocycles. The van der Waals surface area contributed by atoms with Crippen LogP contribution in [-0.4, -0.2) is 7.05 Å². The largest absolute Gasteiger partial charge is 0.313 e. The quantitative estimate of drug-likeness (QED) is 0.753. The van der Waals surface area contributed by atoms with Crippen LogP contribution in [0.25, 0.3) is 0 Å². The van der Waals surface area contributed by atoms with E-state index in [1.165, 1.54) is 24.8 Å². The van der Waals surface area contributed by atoms with Crippen molar-refractivity contribution in [2.24, 2.45) is 5.92 Å². The van der Waals surface area contributed by atoms with Gasteiger partial charge in [0, 0.05) is 6.04 Å². The molecule has 1 N–H and O–H groups in total. The van der Waals surface area contributed by atoms with Crippen molar-refractivity contribution in [2.45, 2.75) is 25.3 Å². The third-order valence-corrected chi connectivity index (χ3v) is 3.26. The summed E-state index contributed by atoms with van der Waals surface area (Å²) >= 11 is 1.79. The van der Waals surface area contributed by atoms with E-state index in [1.54, 1.807) is 11.3 Å². The molecule has 1 heterocycles. The van der Waals surface area contributed by atoms with Crippen molar-refractivity contribution in [3.63, 3.8) is 0 Å². The Labute approximate surface area is 77.8 Å². The van der Waals surface area contributed by atoms with Gasteiger partial charge in [0.05, 0.1) is 0 Å². The van der Waals surface area contributed by atoms with Crippen LogP contribution in [0.4, 0.5) is 0 Å². The predicted molar refractivity (Wildman–Crippen MR) is 53.5 cm³/mol. The molecule has 0 amide bonds. The molecule has 0 aliphatic heterocycles. The zero-order chi connectivity index (χ0) is 8.39. The summed E-state index contributed by atoms with van der Waals surface area (Å²) in [6.45, 7) is 0. The highest BCUT2D eigenvalue weighted by Gasteiger charge is 2.25. The summed E-state index contributed by atoms with van der Waals surface area (Å²) in [5.74, 6) is 1.00. The summed E-state index contributed by atoms with van der Waals surface area (Å²) < 4.78 is 0. The number of thiophene rings is 1. The van der Waals surface area contributed by atoms with Gasteiger partial charge in [-0.15, -0.1) is 0 Å². The van der Waals surface area contributed by atoms with Crippen molar-refractivity contribution in [1.82, 2.24) is 5.32 Å². The Balaban J connectivity index is 1.97. The highest BCUT2D eigenvalue weighted by molar-refractivity contribution is 7.07. The van der Waals surface area contributed by atoms with Crippen molar-refractivity contribution in [2.75, 3.05) is 7.05 Å². The van der Waals surface area contributed by atoms with Crippen molar-refractivity contribution in [3.8, 4) is 0 Å². The minimum absolute atomic E-state index is 0.601. The minimum Gasteiger partial charge on any atom is -0.313 e. The van der Waals surface area contributed by atoms with Crippen LogP contribution in [0.1, 0.15) is 30.9 Å². The van der Waals surface area contributed by atoms with Crippen molar-refractivity contribution in [1.29, 1.82) is 0 Å². The Hall–Kier alpha value is -0.340. The van der Waals surface area contributed by atoms with E-state index in [-0.39, 0.29) is 0 Å². The summed E-state index contributed by atoms with van der Waals surface area (Å²) in [6.07, 6.45) is 4.22. The molecule has 0 saturated heterocycles. The van der Waals surface area contributed by atoms with Crippen LogP contribution in [0, 0.1) is 5.92 Å². The van der Waals surface area contributed by atoms with E-state index >= 15 is 0 Å². The molecule has 1 aliphatic rings. The molecular weight excluding hydrogens is 166 g/mol.